The van der Waals surface area contributed by atoms with Gasteiger partial charge in [-0.15, -0.1) is 0 Å². The van der Waals surface area contributed by atoms with Gasteiger partial charge in [-0.05, 0) is 265 Å². The van der Waals surface area contributed by atoms with Crippen molar-refractivity contribution in [2.24, 2.45) is 111 Å². The van der Waals surface area contributed by atoms with Crippen LogP contribution in [-0.2, 0) is 0 Å². The molecule has 16 aliphatic carbocycles. The fourth-order valence-corrected chi connectivity index (χ4v) is 24.4. The van der Waals surface area contributed by atoms with Crippen LogP contribution in [0.15, 0.2) is 0 Å². The lowest BCUT2D eigenvalue weighted by molar-refractivity contribution is -0.346. The molecule has 0 radical (unpaired) electrons. The van der Waals surface area contributed by atoms with Crippen molar-refractivity contribution in [2.45, 2.75) is 237 Å². The second-order valence-corrected chi connectivity index (χ2v) is 31.7. The molecule has 0 aliphatic heterocycles. The molecule has 56 heavy (non-hydrogen) atoms. The minimum absolute atomic E-state index is 0.410. The van der Waals surface area contributed by atoms with E-state index in [9.17, 15) is 0 Å². The van der Waals surface area contributed by atoms with Gasteiger partial charge in [0.25, 0.3) is 0 Å². The molecular formula is C56H90. The Balaban J connectivity index is 1.03. The largest absolute Gasteiger partial charge is 0.0596 e. The Bertz CT molecular complexity index is 1560. The van der Waals surface area contributed by atoms with Gasteiger partial charge in [0.15, 0.2) is 0 Å². The summed E-state index contributed by atoms with van der Waals surface area (Å²) in [6.45, 7) is 32.8. The molecule has 0 nitrogen and oxygen atoms in total. The minimum Gasteiger partial charge on any atom is -0.0596 e. The molecule has 0 spiro atoms. The van der Waals surface area contributed by atoms with Crippen molar-refractivity contribution in [1.29, 1.82) is 0 Å². The van der Waals surface area contributed by atoms with Crippen molar-refractivity contribution in [3.8, 4) is 0 Å². The number of rotatable bonds is 3. The fourth-order valence-electron chi connectivity index (χ4n) is 24.4. The van der Waals surface area contributed by atoms with E-state index in [1.54, 1.807) is 154 Å². The first-order chi connectivity index (χ1) is 25.7. The molecule has 16 fully saturated rings. The van der Waals surface area contributed by atoms with E-state index in [1.165, 1.54) is 0 Å². The molecule has 16 rings (SSSR count). The van der Waals surface area contributed by atoms with E-state index >= 15 is 0 Å². The highest BCUT2D eigenvalue weighted by Crippen LogP contribution is 2.91. The second-order valence-electron chi connectivity index (χ2n) is 31.7. The lowest BCUT2D eigenvalue weighted by Crippen LogP contribution is -2.75. The third kappa shape index (κ3) is 4.25. The average Bonchev–Trinajstić information content (AvgIpc) is 3.00. The summed E-state index contributed by atoms with van der Waals surface area (Å²) < 4.78 is 0. The quantitative estimate of drug-likeness (QED) is 0.269. The fraction of sp³-hybridized carbons (Fsp3) is 1.00. The van der Waals surface area contributed by atoms with Gasteiger partial charge in [0.2, 0.25) is 0 Å². The van der Waals surface area contributed by atoms with Gasteiger partial charge in [-0.3, -0.25) is 0 Å². The van der Waals surface area contributed by atoms with Crippen molar-refractivity contribution >= 4 is 0 Å². The van der Waals surface area contributed by atoms with Crippen molar-refractivity contribution < 1.29 is 0 Å². The topological polar surface area (TPSA) is 0 Å². The van der Waals surface area contributed by atoms with Crippen LogP contribution in [0.3, 0.4) is 0 Å². The Morgan fingerprint density at radius 1 is 0.232 bits per heavy atom. The zero-order chi connectivity index (χ0) is 39.4. The first kappa shape index (κ1) is 37.7. The number of hydrogen-bond donors (Lipinski definition) is 0. The normalized spacial score (nSPS) is 60.2. The van der Waals surface area contributed by atoms with Gasteiger partial charge < -0.3 is 0 Å². The van der Waals surface area contributed by atoms with Crippen molar-refractivity contribution in [1.82, 2.24) is 0 Å². The zero-order valence-electron chi connectivity index (χ0n) is 39.4. The van der Waals surface area contributed by atoms with E-state index in [4.69, 9.17) is 0 Å². The molecule has 0 saturated heterocycles. The van der Waals surface area contributed by atoms with Crippen LogP contribution in [0.25, 0.3) is 0 Å². The standard InChI is InChI=1S/C56H90/c1-43(2,3)47-15-37-13-38(16-47)20-49(19-37,29-47)53-25-41-23-51(31-53,45(7,8)9)33-55(27-41,35-53)56-28-42-24-52(34-56,46(10,11)12)32-54(26-42,36-56)50-21-39-14-40(22-50)18-48(17-39,30-50)44(4,5)6/h37-42H,13-36H2,1-12H3/t37-,38+,39-,40+,41-,42+,47?,48?,49?,50?,51-,52+,53+,54-,55-,56+. The smallest absolute Gasteiger partial charge is 0.0227 e. The Labute approximate surface area is 347 Å². The average molecular weight is 763 g/mol. The summed E-state index contributed by atoms with van der Waals surface area (Å²) >= 11 is 0. The molecule has 0 aromatic rings. The van der Waals surface area contributed by atoms with Crippen molar-refractivity contribution in [3.63, 3.8) is 0 Å². The van der Waals surface area contributed by atoms with Gasteiger partial charge in [-0.2, -0.15) is 0 Å². The highest BCUT2D eigenvalue weighted by molar-refractivity contribution is 5.31. The van der Waals surface area contributed by atoms with Gasteiger partial charge in [-0.1, -0.05) is 83.1 Å². The maximum absolute atomic E-state index is 2.77. The van der Waals surface area contributed by atoms with Gasteiger partial charge in [0.05, 0.1) is 0 Å². The molecule has 0 aromatic carbocycles. The third-order valence-corrected chi connectivity index (χ3v) is 26.0. The van der Waals surface area contributed by atoms with Crippen LogP contribution in [-0.4, -0.2) is 0 Å². The Kier molecular flexibility index (Phi) is 6.81. The molecule has 16 saturated carbocycles. The molecule has 0 heterocycles. The van der Waals surface area contributed by atoms with Gasteiger partial charge in [0.1, 0.15) is 0 Å². The molecule has 0 N–H and O–H groups in total. The molecule has 0 heteroatoms. The summed E-state index contributed by atoms with van der Waals surface area (Å²) in [6, 6.07) is 0. The van der Waals surface area contributed by atoms with E-state index in [0.29, 0.717) is 75.8 Å². The van der Waals surface area contributed by atoms with Crippen LogP contribution in [0, 0.1) is 111 Å². The molecule has 16 bridgehead atoms. The van der Waals surface area contributed by atoms with Crippen LogP contribution >= 0.6 is 0 Å². The van der Waals surface area contributed by atoms with Crippen LogP contribution in [0.4, 0.5) is 0 Å². The zero-order valence-corrected chi connectivity index (χ0v) is 39.4. The first-order valence-corrected chi connectivity index (χ1v) is 25.7. The van der Waals surface area contributed by atoms with E-state index in [1.807, 2.05) is 0 Å². The predicted octanol–water partition coefficient (Wildman–Crippen LogP) is 16.3. The molecule has 4 unspecified atom stereocenters. The van der Waals surface area contributed by atoms with Crippen LogP contribution in [0.2, 0.25) is 0 Å². The summed E-state index contributed by atoms with van der Waals surface area (Å²) in [4.78, 5) is 0. The summed E-state index contributed by atoms with van der Waals surface area (Å²) in [5, 5.41) is 0. The van der Waals surface area contributed by atoms with Crippen molar-refractivity contribution in [3.05, 3.63) is 0 Å². The Morgan fingerprint density at radius 2 is 0.446 bits per heavy atom. The molecular weight excluding hydrogens is 673 g/mol. The van der Waals surface area contributed by atoms with Crippen LogP contribution < -0.4 is 0 Å². The third-order valence-electron chi connectivity index (χ3n) is 26.0. The van der Waals surface area contributed by atoms with Crippen LogP contribution in [0.1, 0.15) is 237 Å². The van der Waals surface area contributed by atoms with E-state index in [-0.39, 0.29) is 0 Å². The van der Waals surface area contributed by atoms with E-state index < -0.39 is 0 Å². The SMILES string of the molecule is CC(C)(C)C12C[C@H]3C[C@@H](C1)CC([C@@]14C[C@H]5C[C@@](C(C)(C)C)(C1)C[C@]([C@]16C[C@H]7C[C@](C(C)(C)C)(C[C@](C89C[C@@H]%10C[C@@H](CC(C(C)(C)C)(C%10)C8)C9)(C7)C1)C6)(C5)C4)(C3)C2. The maximum atomic E-state index is 2.77. The van der Waals surface area contributed by atoms with Crippen molar-refractivity contribution in [2.75, 3.05) is 0 Å². The minimum atomic E-state index is 0.410. The summed E-state index contributed by atoms with van der Waals surface area (Å²) in [5.41, 5.74) is 7.67. The van der Waals surface area contributed by atoms with E-state index in [0.717, 1.165) is 35.5 Å². The lowest BCUT2D eigenvalue weighted by atomic mass is 9.20. The van der Waals surface area contributed by atoms with Gasteiger partial charge >= 0.3 is 0 Å². The summed E-state index contributed by atoms with van der Waals surface area (Å²) in [5.74, 6) is 6.13. The summed E-state index contributed by atoms with van der Waals surface area (Å²) in [6.07, 6.45) is 38.9. The monoisotopic (exact) mass is 763 g/mol. The molecule has 0 aromatic heterocycles. The highest BCUT2D eigenvalue weighted by Gasteiger charge is 2.81. The summed E-state index contributed by atoms with van der Waals surface area (Å²) in [7, 11) is 0. The van der Waals surface area contributed by atoms with Crippen LogP contribution in [0.5, 0.6) is 0 Å². The first-order valence-electron chi connectivity index (χ1n) is 25.7. The number of hydrogen-bond acceptors (Lipinski definition) is 0. The Hall–Kier alpha value is 0. The maximum Gasteiger partial charge on any atom is -0.0227 e. The molecule has 16 atom stereocenters. The Morgan fingerprint density at radius 3 is 0.714 bits per heavy atom. The molecule has 314 valence electrons. The van der Waals surface area contributed by atoms with Gasteiger partial charge in [-0.25, -0.2) is 0 Å². The van der Waals surface area contributed by atoms with Gasteiger partial charge in [0, 0.05) is 0 Å². The highest BCUT2D eigenvalue weighted by atomic mass is 14.9. The second kappa shape index (κ2) is 10.1. The molecule has 0 amide bonds. The molecule has 16 aliphatic rings. The predicted molar refractivity (Wildman–Crippen MR) is 234 cm³/mol. The van der Waals surface area contributed by atoms with E-state index in [2.05, 4.69) is 83.1 Å². The lowest BCUT2D eigenvalue weighted by Gasteiger charge is -2.84.